The zero-order valence-corrected chi connectivity index (χ0v) is 9.42. The monoisotopic (exact) mass is 239 g/mol. The summed E-state index contributed by atoms with van der Waals surface area (Å²) >= 11 is 0. The van der Waals surface area contributed by atoms with Gasteiger partial charge in [-0.05, 0) is 19.3 Å². The molecule has 1 N–H and O–H groups in total. The molecule has 0 spiro atoms. The highest BCUT2D eigenvalue weighted by molar-refractivity contribution is 5.93. The molecule has 1 aromatic rings. The maximum atomic E-state index is 12.0. The maximum absolute atomic E-state index is 12.0. The van der Waals surface area contributed by atoms with Crippen LogP contribution in [0.4, 0.5) is 0 Å². The number of hydrogen-bond acceptors (Lipinski definition) is 5. The van der Waals surface area contributed by atoms with Crippen LogP contribution in [0.2, 0.25) is 0 Å². The minimum absolute atomic E-state index is 0.0735. The zero-order chi connectivity index (χ0) is 12.4. The Balaban J connectivity index is 2.19. The summed E-state index contributed by atoms with van der Waals surface area (Å²) in [6.07, 6.45) is 2.08. The summed E-state index contributed by atoms with van der Waals surface area (Å²) in [5, 5.41) is 12.6. The fourth-order valence-electron chi connectivity index (χ4n) is 1.95. The third kappa shape index (κ3) is 2.27. The first-order chi connectivity index (χ1) is 8.09. The average Bonchev–Trinajstić information content (AvgIpc) is 2.75. The lowest BCUT2D eigenvalue weighted by Crippen LogP contribution is -2.48. The molecule has 1 saturated heterocycles. The van der Waals surface area contributed by atoms with Crippen molar-refractivity contribution in [1.82, 2.24) is 15.0 Å². The van der Waals surface area contributed by atoms with E-state index in [1.54, 1.807) is 6.92 Å². The standard InChI is InChI=1S/C10H13N3O4/c1-6-11-8(12-17-6)9(14)13-5-3-2-4-7(13)10(15)16/h7H,2-5H2,1H3,(H,15,16)/t7-/m1/s1. The molecule has 1 aliphatic rings. The molecule has 0 unspecified atom stereocenters. The van der Waals surface area contributed by atoms with Gasteiger partial charge in [-0.2, -0.15) is 4.98 Å². The number of nitrogens with zero attached hydrogens (tertiary/aromatic N) is 3. The molecule has 0 bridgehead atoms. The number of carboxylic acids is 1. The third-order valence-electron chi connectivity index (χ3n) is 2.77. The van der Waals surface area contributed by atoms with Crippen molar-refractivity contribution in [2.75, 3.05) is 6.54 Å². The van der Waals surface area contributed by atoms with E-state index >= 15 is 0 Å². The van der Waals surface area contributed by atoms with Crippen LogP contribution in [-0.2, 0) is 4.79 Å². The van der Waals surface area contributed by atoms with Crippen molar-refractivity contribution < 1.29 is 19.2 Å². The van der Waals surface area contributed by atoms with E-state index < -0.39 is 17.9 Å². The maximum Gasteiger partial charge on any atom is 0.326 e. The highest BCUT2D eigenvalue weighted by Crippen LogP contribution is 2.19. The Hall–Kier alpha value is -1.92. The second-order valence-electron chi connectivity index (χ2n) is 3.99. The van der Waals surface area contributed by atoms with Gasteiger partial charge in [0, 0.05) is 13.5 Å². The van der Waals surface area contributed by atoms with E-state index in [0.717, 1.165) is 12.8 Å². The molecule has 1 fully saturated rings. The van der Waals surface area contributed by atoms with Gasteiger partial charge >= 0.3 is 5.97 Å². The number of carbonyl (C=O) groups is 2. The molecule has 1 atom stereocenters. The number of amides is 1. The van der Waals surface area contributed by atoms with Gasteiger partial charge in [0.15, 0.2) is 0 Å². The second kappa shape index (κ2) is 4.52. The Morgan fingerprint density at radius 1 is 1.47 bits per heavy atom. The third-order valence-corrected chi connectivity index (χ3v) is 2.77. The van der Waals surface area contributed by atoms with Gasteiger partial charge < -0.3 is 14.5 Å². The molecule has 92 valence electrons. The lowest BCUT2D eigenvalue weighted by Gasteiger charge is -2.31. The number of hydrogen-bond donors (Lipinski definition) is 1. The Labute approximate surface area is 97.4 Å². The van der Waals surface area contributed by atoms with Crippen LogP contribution in [0.1, 0.15) is 35.8 Å². The smallest absolute Gasteiger partial charge is 0.326 e. The summed E-state index contributed by atoms with van der Waals surface area (Å²) in [6.45, 7) is 2.00. The Morgan fingerprint density at radius 2 is 2.24 bits per heavy atom. The molecular weight excluding hydrogens is 226 g/mol. The van der Waals surface area contributed by atoms with Gasteiger partial charge in [-0.15, -0.1) is 0 Å². The van der Waals surface area contributed by atoms with E-state index in [0.29, 0.717) is 13.0 Å². The van der Waals surface area contributed by atoms with Gasteiger partial charge in [-0.3, -0.25) is 4.79 Å². The number of likely N-dealkylation sites (tertiary alicyclic amines) is 1. The number of rotatable bonds is 2. The predicted octanol–water partition coefficient (Wildman–Crippen LogP) is 0.457. The minimum atomic E-state index is -0.988. The van der Waals surface area contributed by atoms with Crippen molar-refractivity contribution in [2.45, 2.75) is 32.2 Å². The van der Waals surface area contributed by atoms with Gasteiger partial charge in [0.05, 0.1) is 0 Å². The van der Waals surface area contributed by atoms with Crippen molar-refractivity contribution in [3.8, 4) is 0 Å². The van der Waals surface area contributed by atoms with E-state index in [1.807, 2.05) is 0 Å². The van der Waals surface area contributed by atoms with Crippen LogP contribution in [0.5, 0.6) is 0 Å². The first-order valence-corrected chi connectivity index (χ1v) is 5.43. The average molecular weight is 239 g/mol. The van der Waals surface area contributed by atoms with Crippen LogP contribution in [0.25, 0.3) is 0 Å². The molecule has 0 aromatic carbocycles. The van der Waals surface area contributed by atoms with Gasteiger partial charge in [0.1, 0.15) is 6.04 Å². The molecule has 2 heterocycles. The Morgan fingerprint density at radius 3 is 2.82 bits per heavy atom. The molecule has 1 amide bonds. The second-order valence-corrected chi connectivity index (χ2v) is 3.99. The van der Waals surface area contributed by atoms with E-state index in [2.05, 4.69) is 10.1 Å². The van der Waals surface area contributed by atoms with Crippen molar-refractivity contribution in [3.05, 3.63) is 11.7 Å². The quantitative estimate of drug-likeness (QED) is 0.805. The van der Waals surface area contributed by atoms with Crippen LogP contribution < -0.4 is 0 Å². The van der Waals surface area contributed by atoms with Crippen LogP contribution in [0.3, 0.4) is 0 Å². The number of piperidine rings is 1. The molecule has 1 aliphatic heterocycles. The van der Waals surface area contributed by atoms with Gasteiger partial charge in [-0.25, -0.2) is 4.79 Å². The van der Waals surface area contributed by atoms with Gasteiger partial charge in [0.25, 0.3) is 11.7 Å². The van der Waals surface area contributed by atoms with E-state index in [1.165, 1.54) is 4.90 Å². The number of aromatic nitrogens is 2. The fraction of sp³-hybridized carbons (Fsp3) is 0.600. The van der Waals surface area contributed by atoms with Crippen molar-refractivity contribution in [3.63, 3.8) is 0 Å². The van der Waals surface area contributed by atoms with E-state index in [-0.39, 0.29) is 11.7 Å². The molecule has 7 nitrogen and oxygen atoms in total. The molecule has 0 aliphatic carbocycles. The van der Waals surface area contributed by atoms with E-state index in [9.17, 15) is 9.59 Å². The lowest BCUT2D eigenvalue weighted by molar-refractivity contribution is -0.143. The number of aliphatic carboxylic acids is 1. The van der Waals surface area contributed by atoms with Crippen LogP contribution in [0.15, 0.2) is 4.52 Å². The van der Waals surface area contributed by atoms with E-state index in [4.69, 9.17) is 9.63 Å². The van der Waals surface area contributed by atoms with Crippen molar-refractivity contribution >= 4 is 11.9 Å². The summed E-state index contributed by atoms with van der Waals surface area (Å²) in [6, 6.07) is -0.782. The lowest BCUT2D eigenvalue weighted by atomic mass is 10.0. The summed E-state index contributed by atoms with van der Waals surface area (Å²) in [5.74, 6) is -1.25. The van der Waals surface area contributed by atoms with Crippen molar-refractivity contribution in [1.29, 1.82) is 0 Å². The topological polar surface area (TPSA) is 96.5 Å². The zero-order valence-electron chi connectivity index (χ0n) is 9.42. The largest absolute Gasteiger partial charge is 0.480 e. The summed E-state index contributed by atoms with van der Waals surface area (Å²) in [5.41, 5.74) is 0. The first kappa shape index (κ1) is 11.6. The highest BCUT2D eigenvalue weighted by Gasteiger charge is 2.34. The molecule has 0 saturated carbocycles. The Kier molecular flexibility index (Phi) is 3.08. The Bertz CT molecular complexity index is 443. The summed E-state index contributed by atoms with van der Waals surface area (Å²) in [4.78, 5) is 28.2. The van der Waals surface area contributed by atoms with Crippen LogP contribution in [-0.4, -0.2) is 44.6 Å². The highest BCUT2D eigenvalue weighted by atomic mass is 16.5. The fourth-order valence-corrected chi connectivity index (χ4v) is 1.95. The normalized spacial score (nSPS) is 20.3. The molecule has 0 radical (unpaired) electrons. The summed E-state index contributed by atoms with van der Waals surface area (Å²) < 4.78 is 4.72. The van der Waals surface area contributed by atoms with Gasteiger partial charge in [0.2, 0.25) is 5.89 Å². The van der Waals surface area contributed by atoms with Gasteiger partial charge in [-0.1, -0.05) is 5.16 Å². The van der Waals surface area contributed by atoms with Crippen LogP contribution >= 0.6 is 0 Å². The number of aryl methyl sites for hydroxylation is 1. The molecule has 1 aromatic heterocycles. The summed E-state index contributed by atoms with van der Waals surface area (Å²) in [7, 11) is 0. The van der Waals surface area contributed by atoms with Crippen molar-refractivity contribution in [2.24, 2.45) is 0 Å². The number of carbonyl (C=O) groups excluding carboxylic acids is 1. The number of carboxylic acid groups (broad SMARTS) is 1. The minimum Gasteiger partial charge on any atom is -0.480 e. The SMILES string of the molecule is Cc1nc(C(=O)N2CCCC[C@@H]2C(=O)O)no1. The first-order valence-electron chi connectivity index (χ1n) is 5.43. The van der Waals surface area contributed by atoms with Crippen LogP contribution in [0, 0.1) is 6.92 Å². The predicted molar refractivity (Wildman–Crippen MR) is 55.3 cm³/mol. The molecular formula is C10H13N3O4. The molecule has 2 rings (SSSR count). The molecule has 17 heavy (non-hydrogen) atoms. The molecule has 7 heteroatoms.